The van der Waals surface area contributed by atoms with Gasteiger partial charge in [-0.05, 0) is 18.2 Å². The Morgan fingerprint density at radius 1 is 1.17 bits per heavy atom. The van der Waals surface area contributed by atoms with E-state index < -0.39 is 16.7 Å². The third-order valence-corrected chi connectivity index (χ3v) is 5.60. The summed E-state index contributed by atoms with van der Waals surface area (Å²) in [6.07, 6.45) is 0. The number of carbonyl (C=O) groups is 1. The van der Waals surface area contributed by atoms with Crippen LogP contribution in [0.4, 0.5) is 5.69 Å². The number of thioether (sulfide) groups is 1. The second-order valence-electron chi connectivity index (χ2n) is 7.85. The molecule has 0 atom stereocenters. The van der Waals surface area contributed by atoms with Crippen molar-refractivity contribution in [3.8, 4) is 0 Å². The van der Waals surface area contributed by atoms with Gasteiger partial charge in [-0.3, -0.25) is 18.7 Å². The predicted molar refractivity (Wildman–Crippen MR) is 120 cm³/mol. The van der Waals surface area contributed by atoms with Crippen molar-refractivity contribution in [2.45, 2.75) is 31.2 Å². The zero-order valence-corrected chi connectivity index (χ0v) is 18.9. The second kappa shape index (κ2) is 8.23. The molecule has 0 saturated carbocycles. The number of halogens is 1. The number of hydrogen-bond acceptors (Lipinski definition) is 6. The van der Waals surface area contributed by atoms with E-state index in [1.165, 1.54) is 11.6 Å². The molecule has 3 rings (SSSR count). The van der Waals surface area contributed by atoms with Gasteiger partial charge in [-0.1, -0.05) is 50.2 Å². The molecule has 30 heavy (non-hydrogen) atoms. The molecule has 0 bridgehead atoms. The van der Waals surface area contributed by atoms with Crippen LogP contribution in [0.3, 0.4) is 0 Å². The molecule has 0 unspecified atom stereocenters. The van der Waals surface area contributed by atoms with Crippen LogP contribution in [0.1, 0.15) is 26.6 Å². The highest BCUT2D eigenvalue weighted by atomic mass is 35.5. The van der Waals surface area contributed by atoms with E-state index in [4.69, 9.17) is 11.6 Å². The van der Waals surface area contributed by atoms with Crippen LogP contribution in [0.15, 0.2) is 38.9 Å². The maximum absolute atomic E-state index is 12.8. The van der Waals surface area contributed by atoms with Crippen molar-refractivity contribution < 1.29 is 4.79 Å². The molecule has 2 aromatic heterocycles. The molecule has 1 amide bonds. The fraction of sp³-hybridized carbons (Fsp3) is 0.350. The average molecular weight is 448 g/mol. The van der Waals surface area contributed by atoms with Gasteiger partial charge in [0.1, 0.15) is 16.2 Å². The average Bonchev–Trinajstić information content (AvgIpc) is 2.67. The Balaban J connectivity index is 2.02. The highest BCUT2D eigenvalue weighted by Crippen LogP contribution is 2.27. The van der Waals surface area contributed by atoms with Gasteiger partial charge in [0.05, 0.1) is 5.75 Å². The summed E-state index contributed by atoms with van der Waals surface area (Å²) in [5.41, 5.74) is -0.550. The number of aromatic nitrogens is 4. The number of carbonyl (C=O) groups excluding carboxylic acids is 1. The summed E-state index contributed by atoms with van der Waals surface area (Å²) in [6, 6.07) is 6.83. The minimum atomic E-state index is -0.494. The molecule has 0 aliphatic heterocycles. The SMILES string of the molecule is Cn1c(=O)c2c(SCC(=O)Nc3cccc(Cl)c3)nc(C(C)(C)C)nc2n(C)c1=O. The fourth-order valence-electron chi connectivity index (χ4n) is 2.77. The third-order valence-electron chi connectivity index (χ3n) is 4.39. The number of anilines is 1. The van der Waals surface area contributed by atoms with E-state index in [1.807, 2.05) is 20.8 Å². The molecule has 10 heteroatoms. The van der Waals surface area contributed by atoms with Gasteiger partial charge in [-0.15, -0.1) is 0 Å². The molecule has 0 aliphatic rings. The molecule has 0 fully saturated rings. The number of benzene rings is 1. The van der Waals surface area contributed by atoms with Crippen LogP contribution < -0.4 is 16.6 Å². The first-order valence-corrected chi connectivity index (χ1v) is 10.5. The summed E-state index contributed by atoms with van der Waals surface area (Å²) < 4.78 is 2.34. The summed E-state index contributed by atoms with van der Waals surface area (Å²) >= 11 is 7.07. The predicted octanol–water partition coefficient (Wildman–Crippen LogP) is 2.71. The van der Waals surface area contributed by atoms with Crippen molar-refractivity contribution in [2.24, 2.45) is 14.1 Å². The Morgan fingerprint density at radius 2 is 1.87 bits per heavy atom. The number of rotatable bonds is 4. The van der Waals surface area contributed by atoms with Crippen LogP contribution in [-0.2, 0) is 24.3 Å². The highest BCUT2D eigenvalue weighted by molar-refractivity contribution is 8.00. The molecule has 3 aromatic rings. The van der Waals surface area contributed by atoms with Crippen LogP contribution in [0.5, 0.6) is 0 Å². The van der Waals surface area contributed by atoms with Gasteiger partial charge in [0.15, 0.2) is 5.65 Å². The van der Waals surface area contributed by atoms with Crippen molar-refractivity contribution in [2.75, 3.05) is 11.1 Å². The van der Waals surface area contributed by atoms with Gasteiger partial charge in [-0.2, -0.15) is 0 Å². The fourth-order valence-corrected chi connectivity index (χ4v) is 3.77. The van der Waals surface area contributed by atoms with Gasteiger partial charge in [0.2, 0.25) is 5.91 Å². The van der Waals surface area contributed by atoms with E-state index in [1.54, 1.807) is 31.3 Å². The standard InChI is InChI=1S/C20H22ClN5O3S/c1-20(2,3)18-23-15-14(17(28)26(5)19(29)25(15)4)16(24-18)30-10-13(27)22-12-8-6-7-11(21)9-12/h6-9H,10H2,1-5H3,(H,22,27). The molecule has 0 aliphatic carbocycles. The zero-order chi connectivity index (χ0) is 22.2. The number of hydrogen-bond donors (Lipinski definition) is 1. The van der Waals surface area contributed by atoms with E-state index in [9.17, 15) is 14.4 Å². The maximum atomic E-state index is 12.8. The van der Waals surface area contributed by atoms with E-state index in [0.29, 0.717) is 21.6 Å². The van der Waals surface area contributed by atoms with Gasteiger partial charge >= 0.3 is 5.69 Å². The lowest BCUT2D eigenvalue weighted by atomic mass is 9.96. The number of aryl methyl sites for hydroxylation is 1. The molecular formula is C20H22ClN5O3S. The molecular weight excluding hydrogens is 426 g/mol. The van der Waals surface area contributed by atoms with Crippen LogP contribution in [-0.4, -0.2) is 30.8 Å². The number of nitrogens with zero attached hydrogens (tertiary/aromatic N) is 4. The first kappa shape index (κ1) is 22.0. The van der Waals surface area contributed by atoms with Gasteiger partial charge in [0, 0.05) is 30.2 Å². The molecule has 8 nitrogen and oxygen atoms in total. The van der Waals surface area contributed by atoms with Gasteiger partial charge in [0.25, 0.3) is 5.56 Å². The molecule has 0 spiro atoms. The molecule has 0 saturated heterocycles. The smallest absolute Gasteiger partial charge is 0.325 e. The Morgan fingerprint density at radius 3 is 2.50 bits per heavy atom. The maximum Gasteiger partial charge on any atom is 0.332 e. The molecule has 2 heterocycles. The topological polar surface area (TPSA) is 98.9 Å². The van der Waals surface area contributed by atoms with Crippen LogP contribution >= 0.6 is 23.4 Å². The molecule has 1 N–H and O–H groups in total. The quantitative estimate of drug-likeness (QED) is 0.487. The Kier molecular flexibility index (Phi) is 6.05. The van der Waals surface area contributed by atoms with Crippen LogP contribution in [0, 0.1) is 0 Å². The Labute approximate surface area is 182 Å². The van der Waals surface area contributed by atoms with E-state index in [-0.39, 0.29) is 22.7 Å². The lowest BCUT2D eigenvalue weighted by Crippen LogP contribution is -2.38. The summed E-state index contributed by atoms with van der Waals surface area (Å²) in [7, 11) is 2.96. The van der Waals surface area contributed by atoms with E-state index in [0.717, 1.165) is 16.3 Å². The van der Waals surface area contributed by atoms with Crippen LogP contribution in [0.2, 0.25) is 5.02 Å². The molecule has 0 radical (unpaired) electrons. The van der Waals surface area contributed by atoms with Crippen molar-refractivity contribution in [1.29, 1.82) is 0 Å². The summed E-state index contributed by atoms with van der Waals surface area (Å²) in [4.78, 5) is 46.6. The number of nitrogens with one attached hydrogen (secondary N) is 1. The van der Waals surface area contributed by atoms with Crippen molar-refractivity contribution in [3.63, 3.8) is 0 Å². The summed E-state index contributed by atoms with van der Waals surface area (Å²) in [6.45, 7) is 5.81. The largest absolute Gasteiger partial charge is 0.332 e. The molecule has 1 aromatic carbocycles. The molecule has 158 valence electrons. The van der Waals surface area contributed by atoms with E-state index in [2.05, 4.69) is 15.3 Å². The number of fused-ring (bicyclic) bond motifs is 1. The minimum absolute atomic E-state index is 0.0220. The lowest BCUT2D eigenvalue weighted by Gasteiger charge is -2.19. The summed E-state index contributed by atoms with van der Waals surface area (Å²) in [5, 5.41) is 3.86. The minimum Gasteiger partial charge on any atom is -0.325 e. The lowest BCUT2D eigenvalue weighted by molar-refractivity contribution is -0.113. The van der Waals surface area contributed by atoms with Crippen LogP contribution in [0.25, 0.3) is 11.0 Å². The van der Waals surface area contributed by atoms with Crippen molar-refractivity contribution in [3.05, 3.63) is 56.0 Å². The first-order valence-electron chi connectivity index (χ1n) is 9.15. The monoisotopic (exact) mass is 447 g/mol. The first-order chi connectivity index (χ1) is 14.0. The van der Waals surface area contributed by atoms with Gasteiger partial charge < -0.3 is 5.32 Å². The normalized spacial score (nSPS) is 11.7. The van der Waals surface area contributed by atoms with Crippen molar-refractivity contribution in [1.82, 2.24) is 19.1 Å². The number of amides is 1. The second-order valence-corrected chi connectivity index (χ2v) is 9.25. The zero-order valence-electron chi connectivity index (χ0n) is 17.3. The Bertz CT molecular complexity index is 1260. The van der Waals surface area contributed by atoms with Gasteiger partial charge in [-0.25, -0.2) is 14.8 Å². The summed E-state index contributed by atoms with van der Waals surface area (Å²) in [5.74, 6) is 0.234. The van der Waals surface area contributed by atoms with Crippen molar-refractivity contribution >= 4 is 46.0 Å². The third kappa shape index (κ3) is 4.41. The van der Waals surface area contributed by atoms with E-state index >= 15 is 0 Å². The Hall–Kier alpha value is -2.65. The highest BCUT2D eigenvalue weighted by Gasteiger charge is 2.24.